The van der Waals surface area contributed by atoms with Crippen LogP contribution in [0.2, 0.25) is 0 Å². The van der Waals surface area contributed by atoms with Crippen LogP contribution in [0.5, 0.6) is 0 Å². The Labute approximate surface area is 93.8 Å². The maximum atomic E-state index is 12.3. The van der Waals surface area contributed by atoms with Gasteiger partial charge in [0.15, 0.2) is 0 Å². The number of benzene rings is 1. The monoisotopic (exact) mass is 219 g/mol. The highest BCUT2D eigenvalue weighted by molar-refractivity contribution is 6.06. The van der Waals surface area contributed by atoms with Crippen molar-refractivity contribution in [3.05, 3.63) is 29.8 Å². The Morgan fingerprint density at radius 2 is 2.00 bits per heavy atom. The zero-order chi connectivity index (χ0) is 11.2. The smallest absolute Gasteiger partial charge is 0.292 e. The molecule has 0 unspecified atom stereocenters. The van der Waals surface area contributed by atoms with Crippen LogP contribution in [0.1, 0.15) is 12.5 Å². The first-order valence-electron chi connectivity index (χ1n) is 5.49. The van der Waals surface area contributed by atoms with E-state index in [1.54, 1.807) is 4.90 Å². The maximum absolute atomic E-state index is 12.3. The van der Waals surface area contributed by atoms with Crippen molar-refractivity contribution in [2.45, 2.75) is 12.7 Å². The van der Waals surface area contributed by atoms with E-state index in [0.717, 1.165) is 11.3 Å². The number of rotatable bonds is 1. The van der Waals surface area contributed by atoms with Crippen molar-refractivity contribution in [2.24, 2.45) is 0 Å². The van der Waals surface area contributed by atoms with Crippen LogP contribution in [0.25, 0.3) is 0 Å². The van der Waals surface area contributed by atoms with Gasteiger partial charge in [0.1, 0.15) is 0 Å². The summed E-state index contributed by atoms with van der Waals surface area (Å²) >= 11 is 0. The molecule has 1 fully saturated rings. The first kappa shape index (κ1) is 9.81. The number of amides is 1. The van der Waals surface area contributed by atoms with Gasteiger partial charge in [-0.1, -0.05) is 18.2 Å². The highest BCUT2D eigenvalue weighted by Crippen LogP contribution is 2.45. The van der Waals surface area contributed by atoms with E-state index in [9.17, 15) is 4.79 Å². The van der Waals surface area contributed by atoms with E-state index in [4.69, 9.17) is 9.47 Å². The lowest BCUT2D eigenvalue weighted by Crippen LogP contribution is -2.41. The third-order valence-electron chi connectivity index (χ3n) is 3.09. The van der Waals surface area contributed by atoms with Gasteiger partial charge in [-0.15, -0.1) is 0 Å². The summed E-state index contributed by atoms with van der Waals surface area (Å²) in [5.41, 5.74) is 1.73. The first-order chi connectivity index (χ1) is 7.79. The summed E-state index contributed by atoms with van der Waals surface area (Å²) < 4.78 is 11.1. The van der Waals surface area contributed by atoms with Crippen LogP contribution in [0.4, 0.5) is 5.69 Å². The molecule has 0 radical (unpaired) electrons. The Hall–Kier alpha value is -1.39. The van der Waals surface area contributed by atoms with Crippen molar-refractivity contribution in [3.8, 4) is 0 Å². The highest BCUT2D eigenvalue weighted by atomic mass is 16.7. The number of carbonyl (C=O) groups is 1. The Bertz CT molecular complexity index is 438. The number of para-hydroxylation sites is 1. The number of ether oxygens (including phenoxy) is 2. The molecule has 2 aliphatic heterocycles. The van der Waals surface area contributed by atoms with Crippen molar-refractivity contribution < 1.29 is 14.3 Å². The zero-order valence-corrected chi connectivity index (χ0v) is 9.10. The number of fused-ring (bicyclic) bond motifs is 2. The van der Waals surface area contributed by atoms with Gasteiger partial charge >= 0.3 is 0 Å². The molecule has 0 aliphatic carbocycles. The quantitative estimate of drug-likeness (QED) is 0.713. The normalized spacial score (nSPS) is 21.8. The van der Waals surface area contributed by atoms with Crippen molar-refractivity contribution >= 4 is 11.6 Å². The molecule has 1 spiro atoms. The fourth-order valence-electron chi connectivity index (χ4n) is 2.39. The Morgan fingerprint density at radius 3 is 2.69 bits per heavy atom. The SMILES string of the molecule is CCN1C(=O)C2(OCCO2)c2ccccc21. The second-order valence-electron chi connectivity index (χ2n) is 3.88. The first-order valence-corrected chi connectivity index (χ1v) is 5.49. The van der Waals surface area contributed by atoms with Gasteiger partial charge in [-0.25, -0.2) is 0 Å². The fourth-order valence-corrected chi connectivity index (χ4v) is 2.39. The van der Waals surface area contributed by atoms with E-state index in [0.29, 0.717) is 19.8 Å². The van der Waals surface area contributed by atoms with Crippen LogP contribution in [0, 0.1) is 0 Å². The Balaban J connectivity index is 2.19. The zero-order valence-electron chi connectivity index (χ0n) is 9.10. The van der Waals surface area contributed by atoms with Crippen LogP contribution in [-0.4, -0.2) is 25.7 Å². The molecule has 0 atom stereocenters. The van der Waals surface area contributed by atoms with Crippen molar-refractivity contribution in [2.75, 3.05) is 24.7 Å². The fraction of sp³-hybridized carbons (Fsp3) is 0.417. The molecular weight excluding hydrogens is 206 g/mol. The molecule has 1 aromatic carbocycles. The van der Waals surface area contributed by atoms with Crippen LogP contribution < -0.4 is 4.90 Å². The average molecular weight is 219 g/mol. The second-order valence-corrected chi connectivity index (χ2v) is 3.88. The van der Waals surface area contributed by atoms with Gasteiger partial charge in [0.2, 0.25) is 0 Å². The predicted molar refractivity (Wildman–Crippen MR) is 58.1 cm³/mol. The molecule has 1 aromatic rings. The highest BCUT2D eigenvalue weighted by Gasteiger charge is 2.55. The Morgan fingerprint density at radius 1 is 1.31 bits per heavy atom. The molecule has 3 rings (SSSR count). The molecule has 1 saturated heterocycles. The molecule has 0 saturated carbocycles. The molecule has 0 aromatic heterocycles. The molecule has 0 bridgehead atoms. The molecule has 84 valence electrons. The summed E-state index contributed by atoms with van der Waals surface area (Å²) in [5.74, 6) is -1.26. The van der Waals surface area contributed by atoms with Crippen molar-refractivity contribution in [3.63, 3.8) is 0 Å². The molecule has 2 aliphatic rings. The summed E-state index contributed by atoms with van der Waals surface area (Å²) in [6, 6.07) is 7.64. The molecular formula is C12H13NO3. The third-order valence-corrected chi connectivity index (χ3v) is 3.09. The van der Waals surface area contributed by atoms with E-state index >= 15 is 0 Å². The van der Waals surface area contributed by atoms with E-state index in [2.05, 4.69) is 0 Å². The van der Waals surface area contributed by atoms with Gasteiger partial charge in [-0.3, -0.25) is 4.79 Å². The number of carbonyl (C=O) groups excluding carboxylic acids is 1. The van der Waals surface area contributed by atoms with Crippen LogP contribution in [-0.2, 0) is 20.1 Å². The number of likely N-dealkylation sites (N-methyl/N-ethyl adjacent to an activating group) is 1. The molecule has 4 heteroatoms. The third kappa shape index (κ3) is 1.03. The van der Waals surface area contributed by atoms with E-state index in [1.807, 2.05) is 31.2 Å². The van der Waals surface area contributed by atoms with Crippen LogP contribution >= 0.6 is 0 Å². The molecule has 16 heavy (non-hydrogen) atoms. The summed E-state index contributed by atoms with van der Waals surface area (Å²) in [5, 5.41) is 0. The van der Waals surface area contributed by atoms with E-state index < -0.39 is 5.79 Å². The predicted octanol–water partition coefficient (Wildman–Crippen LogP) is 1.25. The summed E-state index contributed by atoms with van der Waals surface area (Å²) in [7, 11) is 0. The minimum absolute atomic E-state index is 0.103. The standard InChI is InChI=1S/C12H13NO3/c1-2-13-10-6-4-3-5-9(10)12(11(13)14)15-7-8-16-12/h3-6H,2,7-8H2,1H3. The topological polar surface area (TPSA) is 38.8 Å². The lowest BCUT2D eigenvalue weighted by atomic mass is 10.1. The van der Waals surface area contributed by atoms with Gasteiger partial charge in [0.25, 0.3) is 11.7 Å². The van der Waals surface area contributed by atoms with Crippen molar-refractivity contribution in [1.82, 2.24) is 0 Å². The van der Waals surface area contributed by atoms with Gasteiger partial charge in [0.05, 0.1) is 18.9 Å². The largest absolute Gasteiger partial charge is 0.336 e. The maximum Gasteiger partial charge on any atom is 0.292 e. The lowest BCUT2D eigenvalue weighted by molar-refractivity contribution is -0.180. The number of anilines is 1. The van der Waals surface area contributed by atoms with E-state index in [-0.39, 0.29) is 5.91 Å². The minimum atomic E-state index is -1.16. The molecule has 1 amide bonds. The number of hydrogen-bond donors (Lipinski definition) is 0. The molecule has 2 heterocycles. The van der Waals surface area contributed by atoms with Gasteiger partial charge < -0.3 is 14.4 Å². The summed E-state index contributed by atoms with van der Waals surface area (Å²) in [6.45, 7) is 3.52. The Kier molecular flexibility index (Phi) is 2.02. The summed E-state index contributed by atoms with van der Waals surface area (Å²) in [4.78, 5) is 14.0. The van der Waals surface area contributed by atoms with Crippen LogP contribution in [0.3, 0.4) is 0 Å². The van der Waals surface area contributed by atoms with Crippen LogP contribution in [0.15, 0.2) is 24.3 Å². The summed E-state index contributed by atoms with van der Waals surface area (Å²) in [6.07, 6.45) is 0. The van der Waals surface area contributed by atoms with Gasteiger partial charge in [-0.2, -0.15) is 0 Å². The minimum Gasteiger partial charge on any atom is -0.336 e. The molecule has 4 nitrogen and oxygen atoms in total. The van der Waals surface area contributed by atoms with Crippen molar-refractivity contribution in [1.29, 1.82) is 0 Å². The van der Waals surface area contributed by atoms with Gasteiger partial charge in [-0.05, 0) is 13.0 Å². The van der Waals surface area contributed by atoms with E-state index in [1.165, 1.54) is 0 Å². The molecule has 0 N–H and O–H groups in total. The average Bonchev–Trinajstić information content (AvgIpc) is 2.88. The lowest BCUT2D eigenvalue weighted by Gasteiger charge is -2.21. The van der Waals surface area contributed by atoms with Gasteiger partial charge in [0, 0.05) is 12.1 Å². The number of nitrogens with zero attached hydrogens (tertiary/aromatic N) is 1. The second kappa shape index (κ2) is 3.30. The number of hydrogen-bond acceptors (Lipinski definition) is 3.